The summed E-state index contributed by atoms with van der Waals surface area (Å²) in [5, 5.41) is 4.88. The fraction of sp³-hybridized carbons (Fsp3) is 0.0417. The van der Waals surface area contributed by atoms with Crippen LogP contribution in [-0.4, -0.2) is 6.71 Å². The molecule has 16 aromatic rings. The number of nitrogens with zero attached hydrogens (tertiary/aromatic N) is 2. The molecule has 0 unspecified atom stereocenters. The average Bonchev–Trinajstić information content (AvgIpc) is 0.684. The molecular weight excluding hydrogens is 1190 g/mol. The Hall–Kier alpha value is -12.3. The van der Waals surface area contributed by atoms with Gasteiger partial charge in [0.25, 0.3) is 6.71 Å². The van der Waals surface area contributed by atoms with Gasteiger partial charge < -0.3 is 9.80 Å². The minimum Gasteiger partial charge on any atom is -0.310 e. The second-order valence-corrected chi connectivity index (χ2v) is 27.4. The number of anilines is 6. The van der Waals surface area contributed by atoms with E-state index in [2.05, 4.69) is 395 Å². The molecule has 0 atom stereocenters. The standard InChI is InChI=1S/C96H69BN2/c1-96(2,3)76-62-89-93-90(63-76)99(95-83(69-42-22-9-23-43-69)58-75(66-36-16-6-17-37-66)59-84(95)70-44-24-10-25-45-70)88-61-73(92-79-50-30-28-48-77(79)91(71-46-26-11-27-47-71)78-49-29-31-51-80(78)92)53-55-86(88)97(93)85-54-52-72(64-32-12-4-13-33-64)60-87(85)98(89)94-81(67-38-18-7-19-39-67)56-74(65-34-14-5-15-35-65)57-82(94)68-40-20-8-21-41-68/h4-63H,1-3H3. The largest absolute Gasteiger partial charge is 0.310 e. The molecule has 0 fully saturated rings. The van der Waals surface area contributed by atoms with Gasteiger partial charge in [0.05, 0.1) is 11.4 Å². The molecule has 2 aliphatic rings. The van der Waals surface area contributed by atoms with Gasteiger partial charge in [-0.15, -0.1) is 0 Å². The maximum absolute atomic E-state index is 2.72. The zero-order valence-electron chi connectivity index (χ0n) is 55.6. The third-order valence-corrected chi connectivity index (χ3v) is 20.5. The summed E-state index contributed by atoms with van der Waals surface area (Å²) in [7, 11) is 0. The van der Waals surface area contributed by atoms with E-state index in [1.165, 1.54) is 65.8 Å². The third-order valence-electron chi connectivity index (χ3n) is 20.5. The molecule has 0 aromatic heterocycles. The Morgan fingerprint density at radius 2 is 0.495 bits per heavy atom. The molecule has 18 rings (SSSR count). The zero-order valence-corrected chi connectivity index (χ0v) is 55.6. The van der Waals surface area contributed by atoms with Gasteiger partial charge in [0.1, 0.15) is 0 Å². The van der Waals surface area contributed by atoms with Crippen molar-refractivity contribution in [3.05, 3.63) is 370 Å². The van der Waals surface area contributed by atoms with E-state index in [9.17, 15) is 0 Å². The van der Waals surface area contributed by atoms with Crippen molar-refractivity contribution in [1.29, 1.82) is 0 Å². The zero-order chi connectivity index (χ0) is 66.1. The summed E-state index contributed by atoms with van der Waals surface area (Å²) in [6, 6.07) is 136. The summed E-state index contributed by atoms with van der Waals surface area (Å²) in [6.45, 7) is 6.95. The Kier molecular flexibility index (Phi) is 14.6. The van der Waals surface area contributed by atoms with Gasteiger partial charge in [-0.3, -0.25) is 0 Å². The number of hydrogen-bond acceptors (Lipinski definition) is 2. The Labute approximate surface area is 580 Å². The van der Waals surface area contributed by atoms with Gasteiger partial charge in [0.2, 0.25) is 0 Å². The molecule has 0 radical (unpaired) electrons. The average molecular weight is 1260 g/mol. The van der Waals surface area contributed by atoms with E-state index < -0.39 is 0 Å². The topological polar surface area (TPSA) is 6.48 Å². The second kappa shape index (κ2) is 24.4. The lowest BCUT2D eigenvalue weighted by molar-refractivity contribution is 0.590. The van der Waals surface area contributed by atoms with Crippen LogP contribution in [0.3, 0.4) is 0 Å². The number of rotatable bonds is 11. The molecule has 0 N–H and O–H groups in total. The van der Waals surface area contributed by atoms with Crippen molar-refractivity contribution in [3.8, 4) is 100 Å². The van der Waals surface area contributed by atoms with Crippen molar-refractivity contribution < 1.29 is 0 Å². The maximum Gasteiger partial charge on any atom is 0.252 e. The molecule has 0 amide bonds. The smallest absolute Gasteiger partial charge is 0.252 e. The van der Waals surface area contributed by atoms with E-state index in [4.69, 9.17) is 0 Å². The summed E-state index contributed by atoms with van der Waals surface area (Å²) in [5.41, 5.74) is 32.3. The highest BCUT2D eigenvalue weighted by molar-refractivity contribution is 7.00. The van der Waals surface area contributed by atoms with Crippen molar-refractivity contribution in [1.82, 2.24) is 0 Å². The van der Waals surface area contributed by atoms with Crippen LogP contribution in [0.4, 0.5) is 34.1 Å². The monoisotopic (exact) mass is 1260 g/mol. The normalized spacial score (nSPS) is 12.3. The van der Waals surface area contributed by atoms with E-state index in [1.54, 1.807) is 0 Å². The maximum atomic E-state index is 2.72. The van der Waals surface area contributed by atoms with Crippen molar-refractivity contribution in [2.24, 2.45) is 0 Å². The van der Waals surface area contributed by atoms with Crippen LogP contribution >= 0.6 is 0 Å². The van der Waals surface area contributed by atoms with Crippen LogP contribution in [0.2, 0.25) is 0 Å². The minimum absolute atomic E-state index is 0.220. The number of benzene rings is 16. The van der Waals surface area contributed by atoms with Crippen LogP contribution in [-0.2, 0) is 5.41 Å². The Morgan fingerprint density at radius 3 is 0.828 bits per heavy atom. The predicted molar refractivity (Wildman–Crippen MR) is 423 cm³/mol. The van der Waals surface area contributed by atoms with Crippen LogP contribution in [0.1, 0.15) is 26.3 Å². The minimum atomic E-state index is -0.325. The Morgan fingerprint density at radius 1 is 0.222 bits per heavy atom. The highest BCUT2D eigenvalue weighted by Gasteiger charge is 2.46. The van der Waals surface area contributed by atoms with Gasteiger partial charge >= 0.3 is 0 Å². The van der Waals surface area contributed by atoms with E-state index in [-0.39, 0.29) is 12.1 Å². The lowest BCUT2D eigenvalue weighted by Crippen LogP contribution is -2.61. The van der Waals surface area contributed by atoms with Crippen molar-refractivity contribution in [3.63, 3.8) is 0 Å². The van der Waals surface area contributed by atoms with Crippen LogP contribution in [0.15, 0.2) is 364 Å². The lowest BCUT2D eigenvalue weighted by Gasteiger charge is -2.46. The summed E-state index contributed by atoms with van der Waals surface area (Å²) < 4.78 is 0. The van der Waals surface area contributed by atoms with Crippen LogP contribution in [0, 0.1) is 0 Å². The molecule has 466 valence electrons. The van der Waals surface area contributed by atoms with Crippen LogP contribution in [0.5, 0.6) is 0 Å². The van der Waals surface area contributed by atoms with Gasteiger partial charge in [-0.25, -0.2) is 0 Å². The molecule has 0 bridgehead atoms. The number of hydrogen-bond donors (Lipinski definition) is 0. The molecule has 2 aliphatic heterocycles. The van der Waals surface area contributed by atoms with Gasteiger partial charge in [0.15, 0.2) is 0 Å². The summed E-state index contributed by atoms with van der Waals surface area (Å²) in [5.74, 6) is 0. The summed E-state index contributed by atoms with van der Waals surface area (Å²) in [6.07, 6.45) is 0. The first kappa shape index (κ1) is 59.2. The Balaban J connectivity index is 1.02. The molecule has 0 saturated heterocycles. The van der Waals surface area contributed by atoms with Gasteiger partial charge in [-0.1, -0.05) is 336 Å². The Bertz CT molecular complexity index is 5560. The summed E-state index contributed by atoms with van der Waals surface area (Å²) in [4.78, 5) is 5.42. The predicted octanol–water partition coefficient (Wildman–Crippen LogP) is 24.4. The first-order chi connectivity index (χ1) is 48.8. The fourth-order valence-corrected chi connectivity index (χ4v) is 15.9. The molecule has 0 saturated carbocycles. The van der Waals surface area contributed by atoms with E-state index in [0.29, 0.717) is 0 Å². The van der Waals surface area contributed by atoms with E-state index >= 15 is 0 Å². The van der Waals surface area contributed by atoms with E-state index in [0.717, 1.165) is 112 Å². The molecular formula is C96H69BN2. The van der Waals surface area contributed by atoms with Gasteiger partial charge in [0, 0.05) is 45.0 Å². The molecule has 2 nitrogen and oxygen atoms in total. The van der Waals surface area contributed by atoms with E-state index in [1.807, 2.05) is 0 Å². The molecule has 2 heterocycles. The van der Waals surface area contributed by atoms with Crippen molar-refractivity contribution >= 4 is 78.8 Å². The molecule has 3 heteroatoms. The quantitative estimate of drug-likeness (QED) is 0.0941. The second-order valence-electron chi connectivity index (χ2n) is 27.4. The first-order valence-corrected chi connectivity index (χ1v) is 34.6. The summed E-state index contributed by atoms with van der Waals surface area (Å²) >= 11 is 0. The van der Waals surface area contributed by atoms with Crippen LogP contribution in [0.25, 0.3) is 122 Å². The lowest BCUT2D eigenvalue weighted by atomic mass is 9.33. The molecule has 0 aliphatic carbocycles. The SMILES string of the molecule is CC(C)(C)c1cc2c3c(c1)N(c1c(-c4ccccc4)cc(-c4ccccc4)cc1-c1ccccc1)c1cc(-c4c5ccccc5c(-c5ccccc5)c5ccccc45)ccc1B3c1ccc(-c3ccccc3)cc1N2c1c(-c2ccccc2)cc(-c2ccccc2)cc1-c1ccccc1. The molecule has 16 aromatic carbocycles. The highest BCUT2D eigenvalue weighted by atomic mass is 15.2. The first-order valence-electron chi connectivity index (χ1n) is 34.6. The van der Waals surface area contributed by atoms with Crippen molar-refractivity contribution in [2.45, 2.75) is 26.2 Å². The van der Waals surface area contributed by atoms with Crippen LogP contribution < -0.4 is 26.2 Å². The third kappa shape index (κ3) is 10.3. The van der Waals surface area contributed by atoms with Crippen molar-refractivity contribution in [2.75, 3.05) is 9.80 Å². The molecule has 99 heavy (non-hydrogen) atoms. The highest BCUT2D eigenvalue weighted by Crippen LogP contribution is 2.56. The molecule has 0 spiro atoms. The number of fused-ring (bicyclic) bond motifs is 6. The van der Waals surface area contributed by atoms with Gasteiger partial charge in [-0.2, -0.15) is 0 Å². The fourth-order valence-electron chi connectivity index (χ4n) is 15.9. The van der Waals surface area contributed by atoms with Gasteiger partial charge in [-0.05, 0) is 175 Å².